The molecule has 1 aromatic carbocycles. The van der Waals surface area contributed by atoms with Crippen LogP contribution in [0.25, 0.3) is 0 Å². The van der Waals surface area contributed by atoms with E-state index >= 15 is 0 Å². The number of carboxylic acid groups (broad SMARTS) is 1. The van der Waals surface area contributed by atoms with Crippen molar-refractivity contribution in [2.75, 3.05) is 18.4 Å². The zero-order chi connectivity index (χ0) is 15.7. The van der Waals surface area contributed by atoms with E-state index in [0.717, 1.165) is 35.8 Å². The molecule has 3 rings (SSSR count). The monoisotopic (exact) mass is 366 g/mol. The highest BCUT2D eigenvalue weighted by Gasteiger charge is 2.28. The van der Waals surface area contributed by atoms with Gasteiger partial charge in [-0.05, 0) is 71.3 Å². The van der Waals surface area contributed by atoms with Crippen molar-refractivity contribution in [2.24, 2.45) is 5.92 Å². The van der Waals surface area contributed by atoms with Crippen molar-refractivity contribution in [2.45, 2.75) is 32.1 Å². The molecule has 0 radical (unpaired) electrons. The van der Waals surface area contributed by atoms with E-state index in [9.17, 15) is 9.59 Å². The molecular weight excluding hydrogens is 348 g/mol. The number of carbonyl (C=O) groups is 2. The number of anilines is 1. The molecule has 1 unspecified atom stereocenters. The van der Waals surface area contributed by atoms with Gasteiger partial charge in [0.05, 0.1) is 11.6 Å². The number of aliphatic carboxylic acids is 1. The summed E-state index contributed by atoms with van der Waals surface area (Å²) in [6, 6.07) is 3.89. The van der Waals surface area contributed by atoms with Crippen LogP contribution in [-0.4, -0.2) is 35.1 Å². The van der Waals surface area contributed by atoms with E-state index in [4.69, 9.17) is 5.11 Å². The zero-order valence-corrected chi connectivity index (χ0v) is 13.9. The summed E-state index contributed by atoms with van der Waals surface area (Å²) in [5.74, 6) is -1.28. The Balaban J connectivity index is 1.70. The molecule has 1 aliphatic heterocycles. The molecular formula is C16H19BrN2O3. The summed E-state index contributed by atoms with van der Waals surface area (Å²) in [5.41, 5.74) is 3.40. The third kappa shape index (κ3) is 3.11. The van der Waals surface area contributed by atoms with E-state index in [1.165, 1.54) is 11.1 Å². The molecule has 6 heteroatoms. The number of hydrogen-bond donors (Lipinski definition) is 2. The van der Waals surface area contributed by atoms with Gasteiger partial charge in [0.1, 0.15) is 0 Å². The smallest absolute Gasteiger partial charge is 0.321 e. The second kappa shape index (κ2) is 6.28. The van der Waals surface area contributed by atoms with Crippen LogP contribution in [0.5, 0.6) is 0 Å². The van der Waals surface area contributed by atoms with Gasteiger partial charge in [-0.2, -0.15) is 0 Å². The van der Waals surface area contributed by atoms with Gasteiger partial charge in [0.25, 0.3) is 0 Å². The Labute approximate surface area is 137 Å². The minimum absolute atomic E-state index is 0.218. The molecule has 118 valence electrons. The summed E-state index contributed by atoms with van der Waals surface area (Å²) in [6.07, 6.45) is 4.67. The van der Waals surface area contributed by atoms with Crippen LogP contribution in [0.2, 0.25) is 0 Å². The van der Waals surface area contributed by atoms with Gasteiger partial charge in [-0.15, -0.1) is 0 Å². The first-order valence-corrected chi connectivity index (χ1v) is 8.44. The largest absolute Gasteiger partial charge is 0.481 e. The normalized spacial score (nSPS) is 20.6. The SMILES string of the molecule is O=C(O)C1CCCN(C(=O)Nc2cc3c(cc2Br)CCC3)C1. The molecule has 2 aliphatic rings. The van der Waals surface area contributed by atoms with Crippen LogP contribution >= 0.6 is 15.9 Å². The fraction of sp³-hybridized carbons (Fsp3) is 0.500. The van der Waals surface area contributed by atoms with Crippen molar-refractivity contribution in [3.63, 3.8) is 0 Å². The number of urea groups is 1. The summed E-state index contributed by atoms with van der Waals surface area (Å²) in [7, 11) is 0. The van der Waals surface area contributed by atoms with Gasteiger partial charge in [0.15, 0.2) is 0 Å². The molecule has 1 aliphatic carbocycles. The molecule has 5 nitrogen and oxygen atoms in total. The Morgan fingerprint density at radius 3 is 2.68 bits per heavy atom. The number of carboxylic acids is 1. The predicted octanol–water partition coefficient (Wildman–Crippen LogP) is 3.27. The average molecular weight is 367 g/mol. The summed E-state index contributed by atoms with van der Waals surface area (Å²) in [6.45, 7) is 0.891. The van der Waals surface area contributed by atoms with Crippen LogP contribution in [0.1, 0.15) is 30.4 Å². The van der Waals surface area contributed by atoms with Crippen LogP contribution in [-0.2, 0) is 17.6 Å². The van der Waals surface area contributed by atoms with Crippen molar-refractivity contribution in [3.8, 4) is 0 Å². The van der Waals surface area contributed by atoms with Gasteiger partial charge in [0.2, 0.25) is 0 Å². The number of likely N-dealkylation sites (tertiary alicyclic amines) is 1. The minimum atomic E-state index is -0.823. The molecule has 1 saturated heterocycles. The second-order valence-corrected chi connectivity index (χ2v) is 6.86. The fourth-order valence-corrected chi connectivity index (χ4v) is 3.74. The third-order valence-electron chi connectivity index (χ3n) is 4.48. The highest BCUT2D eigenvalue weighted by atomic mass is 79.9. The number of piperidine rings is 1. The van der Waals surface area contributed by atoms with Crippen molar-refractivity contribution in [1.82, 2.24) is 4.90 Å². The highest BCUT2D eigenvalue weighted by molar-refractivity contribution is 9.10. The van der Waals surface area contributed by atoms with Crippen molar-refractivity contribution in [1.29, 1.82) is 0 Å². The van der Waals surface area contributed by atoms with Crippen LogP contribution in [0.15, 0.2) is 16.6 Å². The van der Waals surface area contributed by atoms with Crippen LogP contribution < -0.4 is 5.32 Å². The van der Waals surface area contributed by atoms with Gasteiger partial charge >= 0.3 is 12.0 Å². The Kier molecular flexibility index (Phi) is 4.38. The van der Waals surface area contributed by atoms with Gasteiger partial charge in [-0.25, -0.2) is 4.79 Å². The van der Waals surface area contributed by atoms with Gasteiger partial charge in [0, 0.05) is 17.6 Å². The molecule has 0 saturated carbocycles. The van der Waals surface area contributed by atoms with E-state index in [1.54, 1.807) is 4.90 Å². The van der Waals surface area contributed by atoms with Crippen molar-refractivity contribution < 1.29 is 14.7 Å². The van der Waals surface area contributed by atoms with E-state index in [1.807, 2.05) is 6.07 Å². The lowest BCUT2D eigenvalue weighted by atomic mass is 9.99. The van der Waals surface area contributed by atoms with Crippen LogP contribution in [0, 0.1) is 5.92 Å². The number of nitrogens with zero attached hydrogens (tertiary/aromatic N) is 1. The molecule has 0 spiro atoms. The Morgan fingerprint density at radius 1 is 1.23 bits per heavy atom. The summed E-state index contributed by atoms with van der Waals surface area (Å²) < 4.78 is 0.883. The number of hydrogen-bond acceptors (Lipinski definition) is 2. The van der Waals surface area contributed by atoms with E-state index < -0.39 is 11.9 Å². The molecule has 1 heterocycles. The van der Waals surface area contributed by atoms with Crippen LogP contribution in [0.3, 0.4) is 0 Å². The number of fused-ring (bicyclic) bond motifs is 1. The quantitative estimate of drug-likeness (QED) is 0.843. The average Bonchev–Trinajstić information content (AvgIpc) is 2.94. The summed E-state index contributed by atoms with van der Waals surface area (Å²) in [5, 5.41) is 12.0. The lowest BCUT2D eigenvalue weighted by Gasteiger charge is -2.30. The molecule has 22 heavy (non-hydrogen) atoms. The second-order valence-electron chi connectivity index (χ2n) is 6.01. The maximum atomic E-state index is 12.4. The minimum Gasteiger partial charge on any atom is -0.481 e. The molecule has 0 aromatic heterocycles. The number of rotatable bonds is 2. The Bertz CT molecular complexity index is 618. The first-order valence-electron chi connectivity index (χ1n) is 7.64. The molecule has 2 amide bonds. The topological polar surface area (TPSA) is 69.6 Å². The van der Waals surface area contributed by atoms with Gasteiger partial charge < -0.3 is 15.3 Å². The summed E-state index contributed by atoms with van der Waals surface area (Å²) in [4.78, 5) is 25.1. The molecule has 2 N–H and O–H groups in total. The lowest BCUT2D eigenvalue weighted by Crippen LogP contribution is -2.44. The van der Waals surface area contributed by atoms with E-state index in [-0.39, 0.29) is 12.6 Å². The lowest BCUT2D eigenvalue weighted by molar-refractivity contribution is -0.143. The van der Waals surface area contributed by atoms with E-state index in [0.29, 0.717) is 13.0 Å². The fourth-order valence-electron chi connectivity index (χ4n) is 3.25. The highest BCUT2D eigenvalue weighted by Crippen LogP contribution is 2.32. The first kappa shape index (κ1) is 15.3. The zero-order valence-electron chi connectivity index (χ0n) is 12.3. The number of amides is 2. The number of halogens is 1. The predicted molar refractivity (Wildman–Crippen MR) is 87.1 cm³/mol. The Morgan fingerprint density at radius 2 is 1.95 bits per heavy atom. The number of benzene rings is 1. The first-order chi connectivity index (χ1) is 10.5. The van der Waals surface area contributed by atoms with Crippen molar-refractivity contribution >= 4 is 33.6 Å². The molecule has 1 fully saturated rings. The number of carbonyl (C=O) groups excluding carboxylic acids is 1. The number of aryl methyl sites for hydroxylation is 2. The Hall–Kier alpha value is -1.56. The number of nitrogens with one attached hydrogen (secondary N) is 1. The standard InChI is InChI=1S/C16H19BrN2O3/c17-13-7-10-3-1-4-11(10)8-14(13)18-16(22)19-6-2-5-12(9-19)15(20)21/h7-8,12H,1-6,9H2,(H,18,22)(H,20,21). The molecule has 0 bridgehead atoms. The summed E-state index contributed by atoms with van der Waals surface area (Å²) >= 11 is 3.51. The third-order valence-corrected chi connectivity index (χ3v) is 5.14. The van der Waals surface area contributed by atoms with Crippen molar-refractivity contribution in [3.05, 3.63) is 27.7 Å². The van der Waals surface area contributed by atoms with Gasteiger partial charge in [-0.3, -0.25) is 4.79 Å². The maximum absolute atomic E-state index is 12.4. The van der Waals surface area contributed by atoms with E-state index in [2.05, 4.69) is 27.3 Å². The molecule has 1 aromatic rings. The molecule has 1 atom stereocenters. The maximum Gasteiger partial charge on any atom is 0.321 e. The van der Waals surface area contributed by atoms with Crippen LogP contribution in [0.4, 0.5) is 10.5 Å². The van der Waals surface area contributed by atoms with Gasteiger partial charge in [-0.1, -0.05) is 0 Å².